The van der Waals surface area contributed by atoms with Crippen molar-refractivity contribution < 1.29 is 13.2 Å². The Morgan fingerprint density at radius 2 is 1.77 bits per heavy atom. The fourth-order valence-corrected chi connectivity index (χ4v) is 5.32. The number of carbonyl (C=O) groups is 1. The predicted molar refractivity (Wildman–Crippen MR) is 103 cm³/mol. The van der Waals surface area contributed by atoms with Crippen LogP contribution in [0.25, 0.3) is 0 Å². The van der Waals surface area contributed by atoms with E-state index in [0.29, 0.717) is 19.0 Å². The summed E-state index contributed by atoms with van der Waals surface area (Å²) in [7, 11) is -3.20. The monoisotopic (exact) mass is 378 g/mol. The van der Waals surface area contributed by atoms with Gasteiger partial charge in [-0.3, -0.25) is 4.79 Å². The smallest absolute Gasteiger partial charge is 0.227 e. The zero-order chi connectivity index (χ0) is 18.6. The molecular weight excluding hydrogens is 348 g/mol. The second kappa shape index (κ2) is 8.53. The molecule has 5 nitrogen and oxygen atoms in total. The third kappa shape index (κ3) is 4.65. The van der Waals surface area contributed by atoms with Crippen molar-refractivity contribution >= 4 is 15.9 Å². The van der Waals surface area contributed by atoms with Crippen LogP contribution in [-0.4, -0.2) is 55.5 Å². The van der Waals surface area contributed by atoms with E-state index in [9.17, 15) is 13.2 Å². The molecule has 2 aliphatic rings. The molecule has 2 heterocycles. The van der Waals surface area contributed by atoms with Gasteiger partial charge in [0.25, 0.3) is 0 Å². The lowest BCUT2D eigenvalue weighted by molar-refractivity contribution is -0.138. The van der Waals surface area contributed by atoms with Crippen molar-refractivity contribution in [3.8, 4) is 0 Å². The molecular formula is C20H30N2O3S. The Kier molecular flexibility index (Phi) is 6.35. The number of piperidine rings is 2. The maximum Gasteiger partial charge on any atom is 0.227 e. The average molecular weight is 379 g/mol. The highest BCUT2D eigenvalue weighted by molar-refractivity contribution is 7.89. The molecule has 2 fully saturated rings. The second-order valence-electron chi connectivity index (χ2n) is 7.56. The lowest BCUT2D eigenvalue weighted by atomic mass is 9.89. The van der Waals surface area contributed by atoms with Gasteiger partial charge in [-0.05, 0) is 50.5 Å². The molecule has 0 unspecified atom stereocenters. The Balaban J connectivity index is 1.52. The van der Waals surface area contributed by atoms with Gasteiger partial charge >= 0.3 is 0 Å². The molecule has 26 heavy (non-hydrogen) atoms. The Labute approximate surface area is 157 Å². The molecule has 1 amide bonds. The summed E-state index contributed by atoms with van der Waals surface area (Å²) >= 11 is 0. The van der Waals surface area contributed by atoms with Gasteiger partial charge in [-0.2, -0.15) is 0 Å². The van der Waals surface area contributed by atoms with Crippen molar-refractivity contribution in [2.75, 3.05) is 31.9 Å². The zero-order valence-electron chi connectivity index (χ0n) is 15.6. The average Bonchev–Trinajstić information content (AvgIpc) is 2.69. The van der Waals surface area contributed by atoms with Gasteiger partial charge in [-0.1, -0.05) is 30.3 Å². The molecule has 6 heteroatoms. The Hall–Kier alpha value is -1.40. The molecule has 0 radical (unpaired) electrons. The Morgan fingerprint density at radius 1 is 1.08 bits per heavy atom. The summed E-state index contributed by atoms with van der Waals surface area (Å²) in [6.07, 6.45) is 4.72. The van der Waals surface area contributed by atoms with Gasteiger partial charge in [0.05, 0.1) is 11.7 Å². The highest BCUT2D eigenvalue weighted by Crippen LogP contribution is 2.26. The molecule has 2 saturated heterocycles. The van der Waals surface area contributed by atoms with E-state index in [4.69, 9.17) is 0 Å². The lowest BCUT2D eigenvalue weighted by Crippen LogP contribution is -2.48. The standard InChI is InChI=1S/C20H30N2O3S/c1-2-26(24,25)22-12-6-9-19(16-22)20(23)21-13-10-18(11-14-21)15-17-7-4-3-5-8-17/h3-5,7-8,18-19H,2,6,9-16H2,1H3/t19-/m1/s1. The molecule has 0 N–H and O–H groups in total. The molecule has 0 aromatic heterocycles. The van der Waals surface area contributed by atoms with Gasteiger partial charge in [0.2, 0.25) is 15.9 Å². The second-order valence-corrected chi connectivity index (χ2v) is 9.81. The van der Waals surface area contributed by atoms with Crippen LogP contribution >= 0.6 is 0 Å². The van der Waals surface area contributed by atoms with Crippen LogP contribution in [-0.2, 0) is 21.2 Å². The number of amides is 1. The van der Waals surface area contributed by atoms with Gasteiger partial charge in [0, 0.05) is 26.2 Å². The van der Waals surface area contributed by atoms with Crippen molar-refractivity contribution in [1.82, 2.24) is 9.21 Å². The first-order valence-corrected chi connectivity index (χ1v) is 11.4. The first-order valence-electron chi connectivity index (χ1n) is 9.80. The van der Waals surface area contributed by atoms with Crippen LogP contribution in [0.2, 0.25) is 0 Å². The molecule has 0 spiro atoms. The predicted octanol–water partition coefficient (Wildman–Crippen LogP) is 2.53. The quantitative estimate of drug-likeness (QED) is 0.791. The van der Waals surface area contributed by atoms with Crippen LogP contribution in [0.4, 0.5) is 0 Å². The largest absolute Gasteiger partial charge is 0.342 e. The lowest BCUT2D eigenvalue weighted by Gasteiger charge is -2.37. The van der Waals surface area contributed by atoms with Crippen molar-refractivity contribution in [2.24, 2.45) is 11.8 Å². The highest BCUT2D eigenvalue weighted by Gasteiger charge is 2.34. The molecule has 1 aromatic rings. The molecule has 0 aliphatic carbocycles. The van der Waals surface area contributed by atoms with Gasteiger partial charge in [-0.15, -0.1) is 0 Å². The SMILES string of the molecule is CCS(=O)(=O)N1CCC[C@@H](C(=O)N2CCC(Cc3ccccc3)CC2)C1. The van der Waals surface area contributed by atoms with E-state index in [0.717, 1.165) is 45.2 Å². The minimum absolute atomic E-state index is 0.110. The van der Waals surface area contributed by atoms with Crippen LogP contribution in [0.3, 0.4) is 0 Å². The van der Waals surface area contributed by atoms with Gasteiger partial charge < -0.3 is 4.90 Å². The van der Waals surface area contributed by atoms with E-state index in [-0.39, 0.29) is 17.6 Å². The van der Waals surface area contributed by atoms with Crippen molar-refractivity contribution in [3.63, 3.8) is 0 Å². The van der Waals surface area contributed by atoms with Gasteiger partial charge in [0.1, 0.15) is 0 Å². The zero-order valence-corrected chi connectivity index (χ0v) is 16.5. The molecule has 3 rings (SSSR count). The summed E-state index contributed by atoms with van der Waals surface area (Å²) in [6.45, 7) is 4.18. The number of carbonyl (C=O) groups excluding carboxylic acids is 1. The summed E-state index contributed by atoms with van der Waals surface area (Å²) in [4.78, 5) is 14.8. The van der Waals surface area contributed by atoms with Gasteiger partial charge in [0.15, 0.2) is 0 Å². The highest BCUT2D eigenvalue weighted by atomic mass is 32.2. The first-order chi connectivity index (χ1) is 12.5. The summed E-state index contributed by atoms with van der Waals surface area (Å²) in [5.41, 5.74) is 1.37. The maximum atomic E-state index is 12.9. The number of hydrogen-bond donors (Lipinski definition) is 0. The molecule has 144 valence electrons. The summed E-state index contributed by atoms with van der Waals surface area (Å²) in [5, 5.41) is 0. The number of hydrogen-bond acceptors (Lipinski definition) is 3. The van der Waals surface area contributed by atoms with Crippen LogP contribution < -0.4 is 0 Å². The number of nitrogens with zero attached hydrogens (tertiary/aromatic N) is 2. The van der Waals surface area contributed by atoms with Crippen molar-refractivity contribution in [2.45, 2.75) is 39.0 Å². The summed E-state index contributed by atoms with van der Waals surface area (Å²) < 4.78 is 25.7. The fraction of sp³-hybridized carbons (Fsp3) is 0.650. The number of sulfonamides is 1. The fourth-order valence-electron chi connectivity index (χ4n) is 4.14. The van der Waals surface area contributed by atoms with E-state index in [1.54, 1.807) is 6.92 Å². The molecule has 0 bridgehead atoms. The first kappa shape index (κ1) is 19.4. The third-order valence-corrected chi connectivity index (χ3v) is 7.63. The van der Waals surface area contributed by atoms with Crippen LogP contribution in [0, 0.1) is 11.8 Å². The van der Waals surface area contributed by atoms with Crippen LogP contribution in [0.5, 0.6) is 0 Å². The number of rotatable bonds is 5. The van der Waals surface area contributed by atoms with E-state index >= 15 is 0 Å². The molecule has 1 aromatic carbocycles. The molecule has 1 atom stereocenters. The van der Waals surface area contributed by atoms with E-state index < -0.39 is 10.0 Å². The minimum atomic E-state index is -3.20. The van der Waals surface area contributed by atoms with E-state index in [2.05, 4.69) is 24.3 Å². The van der Waals surface area contributed by atoms with Crippen LogP contribution in [0.15, 0.2) is 30.3 Å². The number of likely N-dealkylation sites (tertiary alicyclic amines) is 1. The third-order valence-electron chi connectivity index (χ3n) is 5.78. The van der Waals surface area contributed by atoms with Gasteiger partial charge in [-0.25, -0.2) is 12.7 Å². The maximum absolute atomic E-state index is 12.9. The topological polar surface area (TPSA) is 57.7 Å². The Morgan fingerprint density at radius 3 is 2.42 bits per heavy atom. The minimum Gasteiger partial charge on any atom is -0.342 e. The summed E-state index contributed by atoms with van der Waals surface area (Å²) in [5.74, 6) is 0.721. The van der Waals surface area contributed by atoms with Crippen molar-refractivity contribution in [1.29, 1.82) is 0 Å². The summed E-state index contributed by atoms with van der Waals surface area (Å²) in [6, 6.07) is 10.5. The van der Waals surface area contributed by atoms with E-state index in [1.165, 1.54) is 9.87 Å². The van der Waals surface area contributed by atoms with Crippen LogP contribution in [0.1, 0.15) is 38.2 Å². The molecule has 0 saturated carbocycles. The number of benzene rings is 1. The normalized spacial score (nSPS) is 23.1. The molecule has 2 aliphatic heterocycles. The Bertz CT molecular complexity index is 697. The van der Waals surface area contributed by atoms with E-state index in [1.807, 2.05) is 11.0 Å². The van der Waals surface area contributed by atoms with Crippen molar-refractivity contribution in [3.05, 3.63) is 35.9 Å².